The summed E-state index contributed by atoms with van der Waals surface area (Å²) in [5, 5.41) is 3.51. The summed E-state index contributed by atoms with van der Waals surface area (Å²) in [6, 6.07) is 6.88. The van der Waals surface area contributed by atoms with Gasteiger partial charge in [0.25, 0.3) is 0 Å². The van der Waals surface area contributed by atoms with Crippen LogP contribution in [0.4, 0.5) is 5.69 Å². The zero-order valence-electron chi connectivity index (χ0n) is 12.4. The van der Waals surface area contributed by atoms with Gasteiger partial charge < -0.3 is 10.1 Å². The van der Waals surface area contributed by atoms with E-state index in [9.17, 15) is 4.79 Å². The number of likely N-dealkylation sites (N-methyl/N-ethyl adjacent to an activating group) is 1. The van der Waals surface area contributed by atoms with Crippen LogP contribution in [-0.4, -0.2) is 44.2 Å². The van der Waals surface area contributed by atoms with E-state index in [1.54, 1.807) is 0 Å². The lowest BCUT2D eigenvalue weighted by molar-refractivity contribution is -0.144. The SMILES string of the molecule is COC(=O)C1C=C2c3cccc4c3C(CN4)C[C@H]2N(C)C1. The van der Waals surface area contributed by atoms with Crippen LogP contribution < -0.4 is 5.32 Å². The Hall–Kier alpha value is -1.81. The van der Waals surface area contributed by atoms with E-state index in [1.807, 2.05) is 0 Å². The highest BCUT2D eigenvalue weighted by Gasteiger charge is 2.40. The molecule has 4 nitrogen and oxygen atoms in total. The third-order valence-corrected chi connectivity index (χ3v) is 5.13. The lowest BCUT2D eigenvalue weighted by atomic mass is 9.74. The average molecular weight is 284 g/mol. The molecule has 1 aliphatic carbocycles. The number of methoxy groups -OCH3 is 1. The molecule has 1 aromatic carbocycles. The van der Waals surface area contributed by atoms with Crippen molar-refractivity contribution < 1.29 is 9.53 Å². The van der Waals surface area contributed by atoms with Gasteiger partial charge in [-0.05, 0) is 36.2 Å². The minimum atomic E-state index is -0.159. The summed E-state index contributed by atoms with van der Waals surface area (Å²) in [6.07, 6.45) is 3.27. The number of nitrogens with zero attached hydrogens (tertiary/aromatic N) is 1. The maximum Gasteiger partial charge on any atom is 0.313 e. The number of carbonyl (C=O) groups is 1. The van der Waals surface area contributed by atoms with Crippen LogP contribution in [0.3, 0.4) is 0 Å². The van der Waals surface area contributed by atoms with Crippen LogP contribution >= 0.6 is 0 Å². The highest BCUT2D eigenvalue weighted by molar-refractivity contribution is 5.85. The molecule has 3 aliphatic rings. The Morgan fingerprint density at radius 2 is 2.29 bits per heavy atom. The molecule has 110 valence electrons. The molecule has 4 rings (SSSR count). The summed E-state index contributed by atoms with van der Waals surface area (Å²) < 4.78 is 4.94. The van der Waals surface area contributed by atoms with Crippen LogP contribution in [0.2, 0.25) is 0 Å². The molecule has 2 unspecified atom stereocenters. The maximum atomic E-state index is 11.9. The summed E-state index contributed by atoms with van der Waals surface area (Å²) >= 11 is 0. The molecule has 1 aromatic rings. The van der Waals surface area contributed by atoms with Gasteiger partial charge in [0.15, 0.2) is 0 Å². The van der Waals surface area contributed by atoms with Crippen molar-refractivity contribution in [2.75, 3.05) is 32.6 Å². The zero-order valence-corrected chi connectivity index (χ0v) is 12.4. The van der Waals surface area contributed by atoms with Crippen molar-refractivity contribution in [3.8, 4) is 0 Å². The van der Waals surface area contributed by atoms with Gasteiger partial charge in [-0.15, -0.1) is 0 Å². The van der Waals surface area contributed by atoms with Crippen molar-refractivity contribution in [2.24, 2.45) is 5.92 Å². The quantitative estimate of drug-likeness (QED) is 0.802. The van der Waals surface area contributed by atoms with E-state index in [0.29, 0.717) is 12.0 Å². The van der Waals surface area contributed by atoms with Crippen molar-refractivity contribution in [1.82, 2.24) is 4.90 Å². The van der Waals surface area contributed by atoms with Gasteiger partial charge in [0, 0.05) is 30.7 Å². The van der Waals surface area contributed by atoms with Crippen LogP contribution in [0.25, 0.3) is 5.57 Å². The summed E-state index contributed by atoms with van der Waals surface area (Å²) in [5.41, 5.74) is 5.33. The van der Waals surface area contributed by atoms with E-state index in [2.05, 4.69) is 41.5 Å². The largest absolute Gasteiger partial charge is 0.469 e. The van der Waals surface area contributed by atoms with Gasteiger partial charge in [0.1, 0.15) is 0 Å². The second-order valence-corrected chi connectivity index (χ2v) is 6.29. The summed E-state index contributed by atoms with van der Waals surface area (Å²) in [6.45, 7) is 1.78. The van der Waals surface area contributed by atoms with Crippen molar-refractivity contribution in [2.45, 2.75) is 18.4 Å². The molecule has 2 heterocycles. The Morgan fingerprint density at radius 1 is 1.43 bits per heavy atom. The molecule has 21 heavy (non-hydrogen) atoms. The molecular formula is C17H20N2O2. The molecule has 0 fully saturated rings. The van der Waals surface area contributed by atoms with Crippen molar-refractivity contribution in [3.63, 3.8) is 0 Å². The predicted molar refractivity (Wildman–Crippen MR) is 82.2 cm³/mol. The number of esters is 1. The fourth-order valence-electron chi connectivity index (χ4n) is 4.14. The summed E-state index contributed by atoms with van der Waals surface area (Å²) in [7, 11) is 3.58. The smallest absolute Gasteiger partial charge is 0.313 e. The van der Waals surface area contributed by atoms with Gasteiger partial charge in [-0.25, -0.2) is 0 Å². The van der Waals surface area contributed by atoms with Gasteiger partial charge in [-0.3, -0.25) is 9.69 Å². The predicted octanol–water partition coefficient (Wildman–Crippen LogP) is 2.09. The molecule has 0 spiro atoms. The van der Waals surface area contributed by atoms with Gasteiger partial charge in [-0.2, -0.15) is 0 Å². The lowest BCUT2D eigenvalue weighted by Crippen LogP contribution is -2.44. The Morgan fingerprint density at radius 3 is 3.10 bits per heavy atom. The first-order valence-electron chi connectivity index (χ1n) is 7.56. The molecule has 0 amide bonds. The second kappa shape index (κ2) is 4.60. The van der Waals surface area contributed by atoms with Crippen LogP contribution in [0.5, 0.6) is 0 Å². The van der Waals surface area contributed by atoms with E-state index in [4.69, 9.17) is 4.74 Å². The van der Waals surface area contributed by atoms with Crippen LogP contribution in [0.15, 0.2) is 24.3 Å². The zero-order chi connectivity index (χ0) is 14.6. The molecule has 3 atom stereocenters. The van der Waals surface area contributed by atoms with Crippen LogP contribution in [-0.2, 0) is 9.53 Å². The first-order valence-corrected chi connectivity index (χ1v) is 7.56. The van der Waals surface area contributed by atoms with E-state index >= 15 is 0 Å². The Bertz CT molecular complexity index is 638. The molecule has 0 aromatic heterocycles. The molecule has 0 bridgehead atoms. The third-order valence-electron chi connectivity index (χ3n) is 5.13. The number of nitrogens with one attached hydrogen (secondary N) is 1. The molecule has 0 radical (unpaired) electrons. The summed E-state index contributed by atoms with van der Waals surface area (Å²) in [5.74, 6) is 0.295. The number of ether oxygens (including phenoxy) is 1. The van der Waals surface area contributed by atoms with Crippen LogP contribution in [0, 0.1) is 5.92 Å². The molecule has 1 N–H and O–H groups in total. The monoisotopic (exact) mass is 284 g/mol. The standard InChI is InChI=1S/C17H20N2O2/c1-19-9-11(17(20)21-2)6-13-12-4-3-5-14-16(12)10(8-18-14)7-15(13)19/h3-6,10-11,15,18H,7-9H2,1-2H3/t10?,11?,15-/m1/s1. The van der Waals surface area contributed by atoms with Crippen molar-refractivity contribution >= 4 is 17.2 Å². The Kier molecular flexibility index (Phi) is 2.82. The summed E-state index contributed by atoms with van der Waals surface area (Å²) in [4.78, 5) is 14.2. The number of hydrogen-bond acceptors (Lipinski definition) is 4. The maximum absolute atomic E-state index is 11.9. The highest BCUT2D eigenvalue weighted by atomic mass is 16.5. The van der Waals surface area contributed by atoms with E-state index in [-0.39, 0.29) is 11.9 Å². The fourth-order valence-corrected chi connectivity index (χ4v) is 4.14. The van der Waals surface area contributed by atoms with E-state index < -0.39 is 0 Å². The molecule has 0 saturated carbocycles. The Balaban J connectivity index is 1.84. The minimum Gasteiger partial charge on any atom is -0.469 e. The van der Waals surface area contributed by atoms with Gasteiger partial charge in [0.05, 0.1) is 13.0 Å². The van der Waals surface area contributed by atoms with E-state index in [0.717, 1.165) is 19.5 Å². The van der Waals surface area contributed by atoms with E-state index in [1.165, 1.54) is 29.5 Å². The van der Waals surface area contributed by atoms with Crippen LogP contribution in [0.1, 0.15) is 23.5 Å². The van der Waals surface area contributed by atoms with Crippen molar-refractivity contribution in [3.05, 3.63) is 35.4 Å². The minimum absolute atomic E-state index is 0.138. The first-order chi connectivity index (χ1) is 10.2. The van der Waals surface area contributed by atoms with Crippen molar-refractivity contribution in [1.29, 1.82) is 0 Å². The number of fused-ring (bicyclic) bond motifs is 2. The lowest BCUT2D eigenvalue weighted by Gasteiger charge is -2.41. The number of anilines is 1. The fraction of sp³-hybridized carbons (Fsp3) is 0.471. The van der Waals surface area contributed by atoms with Gasteiger partial charge >= 0.3 is 5.97 Å². The molecule has 0 saturated heterocycles. The number of rotatable bonds is 1. The first kappa shape index (κ1) is 12.9. The second-order valence-electron chi connectivity index (χ2n) is 6.29. The average Bonchev–Trinajstić information content (AvgIpc) is 2.92. The molecule has 4 heteroatoms. The number of benzene rings is 1. The highest BCUT2D eigenvalue weighted by Crippen LogP contribution is 2.48. The normalized spacial score (nSPS) is 30.0. The van der Waals surface area contributed by atoms with Gasteiger partial charge in [0.2, 0.25) is 0 Å². The molecule has 2 aliphatic heterocycles. The number of carbonyl (C=O) groups excluding carboxylic acids is 1. The Labute approximate surface area is 124 Å². The topological polar surface area (TPSA) is 41.6 Å². The molecular weight excluding hydrogens is 264 g/mol. The number of hydrogen-bond donors (Lipinski definition) is 1. The third kappa shape index (κ3) is 1.82. The van der Waals surface area contributed by atoms with Gasteiger partial charge in [-0.1, -0.05) is 18.2 Å².